The summed E-state index contributed by atoms with van der Waals surface area (Å²) in [5.74, 6) is 1.43. The van der Waals surface area contributed by atoms with Crippen LogP contribution in [0.25, 0.3) is 0 Å². The van der Waals surface area contributed by atoms with Gasteiger partial charge in [-0.2, -0.15) is 0 Å². The van der Waals surface area contributed by atoms with Gasteiger partial charge >= 0.3 is 0 Å². The molecular formula is C20H26ClNO2. The minimum Gasteiger partial charge on any atom is -0.493 e. The lowest BCUT2D eigenvalue weighted by Gasteiger charge is -2.16. The zero-order chi connectivity index (χ0) is 17.2. The Bertz CT molecular complexity index is 617. The molecule has 3 nitrogen and oxygen atoms in total. The predicted octanol–water partition coefficient (Wildman–Crippen LogP) is 5.21. The molecule has 0 atom stereocenters. The number of nitrogens with one attached hydrogen (secondary N) is 1. The first-order valence-electron chi connectivity index (χ1n) is 8.48. The van der Waals surface area contributed by atoms with E-state index in [1.54, 1.807) is 13.2 Å². The SMILES string of the molecule is CCCCCNCc1cc(Cl)cc(OC)c1OCc1ccccc1. The topological polar surface area (TPSA) is 30.5 Å². The quantitative estimate of drug-likeness (QED) is 0.598. The number of halogens is 1. The Hall–Kier alpha value is -1.71. The van der Waals surface area contributed by atoms with Crippen molar-refractivity contribution in [1.82, 2.24) is 5.32 Å². The summed E-state index contributed by atoms with van der Waals surface area (Å²) in [6.07, 6.45) is 3.63. The van der Waals surface area contributed by atoms with Crippen LogP contribution in [-0.2, 0) is 13.2 Å². The van der Waals surface area contributed by atoms with Crippen LogP contribution in [0, 0.1) is 0 Å². The summed E-state index contributed by atoms with van der Waals surface area (Å²) in [4.78, 5) is 0. The molecule has 24 heavy (non-hydrogen) atoms. The maximum Gasteiger partial charge on any atom is 0.166 e. The minimum absolute atomic E-state index is 0.502. The number of unbranched alkanes of at least 4 members (excludes halogenated alkanes) is 2. The Morgan fingerprint density at radius 3 is 2.58 bits per heavy atom. The van der Waals surface area contributed by atoms with E-state index in [1.807, 2.05) is 36.4 Å². The molecule has 0 aliphatic carbocycles. The lowest BCUT2D eigenvalue weighted by Crippen LogP contribution is -2.15. The lowest BCUT2D eigenvalue weighted by molar-refractivity contribution is 0.280. The van der Waals surface area contributed by atoms with E-state index in [2.05, 4.69) is 12.2 Å². The molecule has 0 unspecified atom stereocenters. The first kappa shape index (κ1) is 18.6. The number of hydrogen-bond acceptors (Lipinski definition) is 3. The van der Waals surface area contributed by atoms with Gasteiger partial charge in [0.15, 0.2) is 11.5 Å². The van der Waals surface area contributed by atoms with Gasteiger partial charge in [0.1, 0.15) is 6.61 Å². The number of ether oxygens (including phenoxy) is 2. The van der Waals surface area contributed by atoms with Crippen molar-refractivity contribution >= 4 is 11.6 Å². The summed E-state index contributed by atoms with van der Waals surface area (Å²) in [6, 6.07) is 13.8. The highest BCUT2D eigenvalue weighted by molar-refractivity contribution is 6.30. The molecule has 0 heterocycles. The molecular weight excluding hydrogens is 322 g/mol. The van der Waals surface area contributed by atoms with E-state index >= 15 is 0 Å². The summed E-state index contributed by atoms with van der Waals surface area (Å²) in [7, 11) is 1.64. The number of methoxy groups -OCH3 is 1. The van der Waals surface area contributed by atoms with Crippen molar-refractivity contribution in [1.29, 1.82) is 0 Å². The summed E-state index contributed by atoms with van der Waals surface area (Å²) < 4.78 is 11.5. The Labute approximate surface area is 149 Å². The van der Waals surface area contributed by atoms with Crippen molar-refractivity contribution in [3.8, 4) is 11.5 Å². The lowest BCUT2D eigenvalue weighted by atomic mass is 10.1. The van der Waals surface area contributed by atoms with Crippen LogP contribution < -0.4 is 14.8 Å². The van der Waals surface area contributed by atoms with E-state index in [0.717, 1.165) is 23.4 Å². The average Bonchev–Trinajstić information content (AvgIpc) is 2.61. The van der Waals surface area contributed by atoms with Crippen LogP contribution >= 0.6 is 11.6 Å². The second kappa shape index (κ2) is 10.2. The van der Waals surface area contributed by atoms with E-state index in [-0.39, 0.29) is 0 Å². The predicted molar refractivity (Wildman–Crippen MR) is 100 cm³/mol. The van der Waals surface area contributed by atoms with Crippen LogP contribution in [-0.4, -0.2) is 13.7 Å². The molecule has 0 saturated carbocycles. The minimum atomic E-state index is 0.502. The van der Waals surface area contributed by atoms with Crippen LogP contribution in [0.4, 0.5) is 0 Å². The van der Waals surface area contributed by atoms with Gasteiger partial charge in [0.2, 0.25) is 0 Å². The van der Waals surface area contributed by atoms with E-state index in [4.69, 9.17) is 21.1 Å². The van der Waals surface area contributed by atoms with Crippen LogP contribution in [0.3, 0.4) is 0 Å². The molecule has 0 fully saturated rings. The first-order chi connectivity index (χ1) is 11.7. The summed E-state index contributed by atoms with van der Waals surface area (Å²) in [5, 5.41) is 4.12. The molecule has 130 valence electrons. The Balaban J connectivity index is 2.08. The van der Waals surface area contributed by atoms with Gasteiger partial charge in [-0.05, 0) is 24.6 Å². The standard InChI is InChI=1S/C20H26ClNO2/c1-3-4-8-11-22-14-17-12-18(21)13-19(23-2)20(17)24-15-16-9-6-5-7-10-16/h5-7,9-10,12-13,22H,3-4,8,11,14-15H2,1-2H3. The van der Waals surface area contributed by atoms with Gasteiger partial charge in [0.25, 0.3) is 0 Å². The second-order valence-corrected chi connectivity index (χ2v) is 6.19. The highest BCUT2D eigenvalue weighted by Gasteiger charge is 2.13. The molecule has 0 spiro atoms. The van der Waals surface area contributed by atoms with E-state index in [1.165, 1.54) is 19.3 Å². The highest BCUT2D eigenvalue weighted by atomic mass is 35.5. The fraction of sp³-hybridized carbons (Fsp3) is 0.400. The third kappa shape index (κ3) is 5.73. The monoisotopic (exact) mass is 347 g/mol. The second-order valence-electron chi connectivity index (χ2n) is 5.75. The fourth-order valence-electron chi connectivity index (χ4n) is 2.52. The van der Waals surface area contributed by atoms with Gasteiger partial charge < -0.3 is 14.8 Å². The molecule has 0 aliphatic rings. The highest BCUT2D eigenvalue weighted by Crippen LogP contribution is 2.35. The van der Waals surface area contributed by atoms with Crippen molar-refractivity contribution in [2.75, 3.05) is 13.7 Å². The Morgan fingerprint density at radius 2 is 1.88 bits per heavy atom. The summed E-state index contributed by atoms with van der Waals surface area (Å²) >= 11 is 6.22. The molecule has 2 aromatic rings. The number of rotatable bonds is 10. The van der Waals surface area contributed by atoms with Gasteiger partial charge in [-0.1, -0.05) is 61.7 Å². The zero-order valence-electron chi connectivity index (χ0n) is 14.5. The maximum absolute atomic E-state index is 6.22. The molecule has 2 rings (SSSR count). The molecule has 0 radical (unpaired) electrons. The molecule has 0 saturated heterocycles. The Kier molecular flexibility index (Phi) is 7.93. The molecule has 1 N–H and O–H groups in total. The van der Waals surface area contributed by atoms with Crippen LogP contribution in [0.1, 0.15) is 37.3 Å². The molecule has 0 aliphatic heterocycles. The summed E-state index contributed by atoms with van der Waals surface area (Å²) in [5.41, 5.74) is 2.14. The normalized spacial score (nSPS) is 10.6. The van der Waals surface area contributed by atoms with Crippen molar-refractivity contribution < 1.29 is 9.47 Å². The first-order valence-corrected chi connectivity index (χ1v) is 8.86. The third-order valence-corrected chi connectivity index (χ3v) is 4.03. The van der Waals surface area contributed by atoms with E-state index in [9.17, 15) is 0 Å². The molecule has 0 aromatic heterocycles. The van der Waals surface area contributed by atoms with Crippen molar-refractivity contribution in [3.63, 3.8) is 0 Å². The largest absolute Gasteiger partial charge is 0.493 e. The van der Waals surface area contributed by atoms with Gasteiger partial charge in [-0.3, -0.25) is 0 Å². The van der Waals surface area contributed by atoms with Crippen LogP contribution in [0.2, 0.25) is 5.02 Å². The van der Waals surface area contributed by atoms with Crippen LogP contribution in [0.15, 0.2) is 42.5 Å². The smallest absolute Gasteiger partial charge is 0.166 e. The molecule has 0 bridgehead atoms. The van der Waals surface area contributed by atoms with Gasteiger partial charge in [-0.15, -0.1) is 0 Å². The van der Waals surface area contributed by atoms with Gasteiger partial charge in [-0.25, -0.2) is 0 Å². The van der Waals surface area contributed by atoms with E-state index in [0.29, 0.717) is 23.9 Å². The molecule has 2 aromatic carbocycles. The number of hydrogen-bond donors (Lipinski definition) is 1. The Morgan fingerprint density at radius 1 is 1.08 bits per heavy atom. The van der Waals surface area contributed by atoms with Gasteiger partial charge in [0, 0.05) is 23.2 Å². The van der Waals surface area contributed by atoms with Crippen molar-refractivity contribution in [2.24, 2.45) is 0 Å². The number of benzene rings is 2. The van der Waals surface area contributed by atoms with Crippen molar-refractivity contribution in [2.45, 2.75) is 39.3 Å². The molecule has 4 heteroatoms. The van der Waals surface area contributed by atoms with Crippen LogP contribution in [0.5, 0.6) is 11.5 Å². The third-order valence-electron chi connectivity index (χ3n) is 3.82. The summed E-state index contributed by atoms with van der Waals surface area (Å²) in [6.45, 7) is 4.41. The van der Waals surface area contributed by atoms with E-state index < -0.39 is 0 Å². The zero-order valence-corrected chi connectivity index (χ0v) is 15.2. The fourth-order valence-corrected chi connectivity index (χ4v) is 2.75. The van der Waals surface area contributed by atoms with Gasteiger partial charge in [0.05, 0.1) is 7.11 Å². The maximum atomic E-state index is 6.22. The molecule has 0 amide bonds. The average molecular weight is 348 g/mol. The van der Waals surface area contributed by atoms with Crippen molar-refractivity contribution in [3.05, 3.63) is 58.6 Å².